The van der Waals surface area contributed by atoms with Crippen molar-refractivity contribution >= 4 is 58.1 Å². The molecule has 0 saturated heterocycles. The highest BCUT2D eigenvalue weighted by Gasteiger charge is 2.18. The molecule has 0 aliphatic heterocycles. The van der Waals surface area contributed by atoms with E-state index in [1.807, 2.05) is 59.5 Å². The number of carbonyl (C=O) groups is 5. The second-order valence-electron chi connectivity index (χ2n) is 11.5. The number of ether oxygens (including phenoxy) is 2. The first-order chi connectivity index (χ1) is 25.6. The van der Waals surface area contributed by atoms with Crippen molar-refractivity contribution in [3.8, 4) is 0 Å². The number of benzene rings is 4. The zero-order valence-corrected chi connectivity index (χ0v) is 30.1. The summed E-state index contributed by atoms with van der Waals surface area (Å²) in [6, 6.07) is 30.9. The number of nitrogens with zero attached hydrogens (tertiary/aromatic N) is 3. The fourth-order valence-electron chi connectivity index (χ4n) is 5.20. The Kier molecular flexibility index (Phi) is 14.7. The van der Waals surface area contributed by atoms with E-state index in [-0.39, 0.29) is 44.7 Å². The Labute approximate surface area is 308 Å². The number of hydrogen-bond acceptors (Lipinski definition) is 12. The number of carbonyl (C=O) groups excluding carboxylic acids is 5. The molecular formula is C41H41N3O9. The van der Waals surface area contributed by atoms with Crippen molar-refractivity contribution in [1.29, 1.82) is 0 Å². The van der Waals surface area contributed by atoms with E-state index in [1.165, 1.54) is 13.8 Å². The lowest BCUT2D eigenvalue weighted by atomic mass is 10.0. The van der Waals surface area contributed by atoms with Gasteiger partial charge < -0.3 is 24.0 Å². The van der Waals surface area contributed by atoms with Gasteiger partial charge in [-0.3, -0.25) is 14.4 Å². The summed E-state index contributed by atoms with van der Waals surface area (Å²) < 4.78 is 10.1. The molecule has 4 aromatic rings. The highest BCUT2D eigenvalue weighted by Crippen LogP contribution is 2.35. The zero-order chi connectivity index (χ0) is 38.2. The van der Waals surface area contributed by atoms with Crippen LogP contribution in [0.4, 0.5) is 17.1 Å². The van der Waals surface area contributed by atoms with E-state index in [2.05, 4.69) is 10.3 Å². The second kappa shape index (κ2) is 19.8. The number of anilines is 3. The summed E-state index contributed by atoms with van der Waals surface area (Å²) in [6.07, 6.45) is 0.456. The summed E-state index contributed by atoms with van der Waals surface area (Å²) in [6.45, 7) is 6.42. The SMILES string of the molecule is CCOC(=O)CCC(=NOC(C)=O)c1ccc(N(c2ccc(C(=O)c3ccccc3)cc2)c2ccc(C(CCC(=O)OCC)=NOC(C)=O)cc2)cc1. The van der Waals surface area contributed by atoms with Crippen LogP contribution in [-0.2, 0) is 38.3 Å². The Hall–Kier alpha value is -6.43. The van der Waals surface area contributed by atoms with Crippen LogP contribution in [0.1, 0.15) is 80.4 Å². The predicted molar refractivity (Wildman–Crippen MR) is 199 cm³/mol. The standard InChI is InChI=1S/C41H41N3O9/c1-5-50-39(47)26-24-37(42-52-28(3)45)30-12-18-34(19-13-30)44(36-22-16-33(17-23-36)41(49)32-10-8-7-9-11-32)35-20-14-31(15-21-35)38(43-53-29(4)46)25-27-40(48)51-6-2/h7-23H,5-6,24-27H2,1-4H3. The first-order valence-corrected chi connectivity index (χ1v) is 17.1. The van der Waals surface area contributed by atoms with Gasteiger partial charge in [0.15, 0.2) is 5.78 Å². The van der Waals surface area contributed by atoms with Crippen LogP contribution < -0.4 is 4.90 Å². The molecule has 0 atom stereocenters. The predicted octanol–water partition coefficient (Wildman–Crippen LogP) is 7.61. The van der Waals surface area contributed by atoms with E-state index in [0.717, 1.165) is 17.1 Å². The lowest BCUT2D eigenvalue weighted by Crippen LogP contribution is -2.13. The first-order valence-electron chi connectivity index (χ1n) is 17.1. The maximum absolute atomic E-state index is 13.2. The fourth-order valence-corrected chi connectivity index (χ4v) is 5.20. The monoisotopic (exact) mass is 719 g/mol. The van der Waals surface area contributed by atoms with Gasteiger partial charge in [0, 0.05) is 54.9 Å². The van der Waals surface area contributed by atoms with Crippen LogP contribution in [0, 0.1) is 0 Å². The smallest absolute Gasteiger partial charge is 0.331 e. The van der Waals surface area contributed by atoms with Crippen LogP contribution >= 0.6 is 0 Å². The van der Waals surface area contributed by atoms with E-state index in [4.69, 9.17) is 19.1 Å². The molecule has 0 aliphatic rings. The van der Waals surface area contributed by atoms with Gasteiger partial charge in [-0.25, -0.2) is 9.59 Å². The third-order valence-electron chi connectivity index (χ3n) is 7.65. The highest BCUT2D eigenvalue weighted by molar-refractivity contribution is 6.09. The largest absolute Gasteiger partial charge is 0.466 e. The Balaban J connectivity index is 1.72. The van der Waals surface area contributed by atoms with Crippen molar-refractivity contribution in [3.63, 3.8) is 0 Å². The molecule has 0 aromatic heterocycles. The number of ketones is 1. The first kappa shape index (κ1) is 39.4. The van der Waals surface area contributed by atoms with Gasteiger partial charge in [0.1, 0.15) is 0 Å². The molecule has 0 spiro atoms. The summed E-state index contributed by atoms with van der Waals surface area (Å²) in [5.74, 6) is -2.10. The fraction of sp³-hybridized carbons (Fsp3) is 0.244. The lowest BCUT2D eigenvalue weighted by molar-refractivity contribution is -0.143. The Morgan fingerprint density at radius 1 is 0.491 bits per heavy atom. The van der Waals surface area contributed by atoms with E-state index in [1.54, 1.807) is 62.4 Å². The lowest BCUT2D eigenvalue weighted by Gasteiger charge is -2.26. The molecule has 0 radical (unpaired) electrons. The van der Waals surface area contributed by atoms with E-state index in [0.29, 0.717) is 33.7 Å². The summed E-state index contributed by atoms with van der Waals surface area (Å²) in [7, 11) is 0. The van der Waals surface area contributed by atoms with Gasteiger partial charge in [-0.15, -0.1) is 0 Å². The van der Waals surface area contributed by atoms with Crippen LogP contribution in [0.5, 0.6) is 0 Å². The summed E-state index contributed by atoms with van der Waals surface area (Å²) in [4.78, 5) is 72.3. The number of oxime groups is 2. The molecule has 274 valence electrons. The van der Waals surface area contributed by atoms with Crippen molar-refractivity contribution in [3.05, 3.63) is 125 Å². The molecule has 0 saturated carbocycles. The quantitative estimate of drug-likeness (QED) is 0.0351. The molecular weight excluding hydrogens is 678 g/mol. The van der Waals surface area contributed by atoms with Crippen LogP contribution in [0.25, 0.3) is 0 Å². The minimum Gasteiger partial charge on any atom is -0.466 e. The average Bonchev–Trinajstić information content (AvgIpc) is 3.16. The van der Waals surface area contributed by atoms with Crippen molar-refractivity contribution < 1.29 is 43.1 Å². The normalized spacial score (nSPS) is 11.3. The van der Waals surface area contributed by atoms with Gasteiger partial charge in [0.2, 0.25) is 0 Å². The van der Waals surface area contributed by atoms with Crippen LogP contribution in [0.3, 0.4) is 0 Å². The minimum atomic E-state index is -0.596. The molecule has 0 heterocycles. The molecule has 0 amide bonds. The molecule has 4 rings (SSSR count). The van der Waals surface area contributed by atoms with Gasteiger partial charge in [-0.05, 0) is 73.5 Å². The number of rotatable bonds is 17. The number of hydrogen-bond donors (Lipinski definition) is 0. The molecule has 0 fully saturated rings. The summed E-state index contributed by atoms with van der Waals surface area (Å²) in [5, 5.41) is 8.00. The molecule has 0 bridgehead atoms. The van der Waals surface area contributed by atoms with Crippen LogP contribution in [0.2, 0.25) is 0 Å². The third kappa shape index (κ3) is 11.8. The van der Waals surface area contributed by atoms with Crippen molar-refractivity contribution in [2.45, 2.75) is 53.4 Å². The van der Waals surface area contributed by atoms with Crippen LogP contribution in [0.15, 0.2) is 113 Å². The Morgan fingerprint density at radius 2 is 0.849 bits per heavy atom. The van der Waals surface area contributed by atoms with Gasteiger partial charge >= 0.3 is 23.9 Å². The molecule has 0 aliphatic carbocycles. The van der Waals surface area contributed by atoms with Crippen molar-refractivity contribution in [1.82, 2.24) is 0 Å². The van der Waals surface area contributed by atoms with Gasteiger partial charge in [0.25, 0.3) is 0 Å². The molecule has 12 nitrogen and oxygen atoms in total. The van der Waals surface area contributed by atoms with Crippen molar-refractivity contribution in [2.24, 2.45) is 10.3 Å². The molecule has 12 heteroatoms. The van der Waals surface area contributed by atoms with Gasteiger partial charge in [0.05, 0.1) is 37.5 Å². The third-order valence-corrected chi connectivity index (χ3v) is 7.65. The average molecular weight is 720 g/mol. The molecule has 0 unspecified atom stereocenters. The minimum absolute atomic E-state index is 0.0464. The molecule has 4 aromatic carbocycles. The van der Waals surface area contributed by atoms with Crippen molar-refractivity contribution in [2.75, 3.05) is 18.1 Å². The van der Waals surface area contributed by atoms with Crippen LogP contribution in [-0.4, -0.2) is 54.3 Å². The van der Waals surface area contributed by atoms with Gasteiger partial charge in [-0.2, -0.15) is 0 Å². The Morgan fingerprint density at radius 3 is 1.21 bits per heavy atom. The molecule has 0 N–H and O–H groups in total. The second-order valence-corrected chi connectivity index (χ2v) is 11.5. The van der Waals surface area contributed by atoms with E-state index < -0.39 is 23.9 Å². The number of esters is 2. The zero-order valence-electron chi connectivity index (χ0n) is 30.1. The Bertz CT molecular complexity index is 1840. The summed E-state index contributed by atoms with van der Waals surface area (Å²) in [5.41, 5.74) is 5.34. The molecule has 53 heavy (non-hydrogen) atoms. The van der Waals surface area contributed by atoms with E-state index >= 15 is 0 Å². The van der Waals surface area contributed by atoms with Gasteiger partial charge in [-0.1, -0.05) is 64.9 Å². The van der Waals surface area contributed by atoms with E-state index in [9.17, 15) is 24.0 Å². The highest BCUT2D eigenvalue weighted by atomic mass is 16.7. The maximum atomic E-state index is 13.2. The summed E-state index contributed by atoms with van der Waals surface area (Å²) >= 11 is 0. The maximum Gasteiger partial charge on any atom is 0.331 e. The topological polar surface area (TPSA) is 150 Å².